The first-order valence-electron chi connectivity index (χ1n) is 5.18. The van der Waals surface area contributed by atoms with Gasteiger partial charge in [0.25, 0.3) is 0 Å². The van der Waals surface area contributed by atoms with Crippen LogP contribution in [-0.2, 0) is 4.79 Å². The lowest BCUT2D eigenvalue weighted by molar-refractivity contribution is -0.128. The van der Waals surface area contributed by atoms with Crippen molar-refractivity contribution in [1.82, 2.24) is 0 Å². The number of carbonyl (C=O) groups is 1. The van der Waals surface area contributed by atoms with Crippen LogP contribution < -0.4 is 0 Å². The van der Waals surface area contributed by atoms with Gasteiger partial charge in [0.1, 0.15) is 5.78 Å². The van der Waals surface area contributed by atoms with Crippen LogP contribution in [0.5, 0.6) is 0 Å². The van der Waals surface area contributed by atoms with Crippen molar-refractivity contribution in [1.29, 1.82) is 0 Å². The molecule has 0 aromatic carbocycles. The van der Waals surface area contributed by atoms with Gasteiger partial charge in [-0.2, -0.15) is 0 Å². The van der Waals surface area contributed by atoms with Crippen LogP contribution >= 0.6 is 0 Å². The molecule has 1 fully saturated rings. The molecule has 0 aliphatic heterocycles. The van der Waals surface area contributed by atoms with E-state index in [-0.39, 0.29) is 5.41 Å². The largest absolute Gasteiger partial charge is 0.299 e. The molecule has 0 aromatic heterocycles. The summed E-state index contributed by atoms with van der Waals surface area (Å²) in [6, 6.07) is 0. The molecule has 1 nitrogen and oxygen atoms in total. The van der Waals surface area contributed by atoms with Gasteiger partial charge in [0.15, 0.2) is 0 Å². The Bertz CT molecular complexity index is 214. The van der Waals surface area contributed by atoms with E-state index in [2.05, 4.69) is 20.8 Å². The molecule has 0 spiro atoms. The highest BCUT2D eigenvalue weighted by Crippen LogP contribution is 2.53. The number of carbonyl (C=O) groups excluding carboxylic acids is 1. The Hall–Kier alpha value is -0.330. The van der Waals surface area contributed by atoms with Crippen molar-refractivity contribution in [2.45, 2.75) is 48.0 Å². The minimum atomic E-state index is -0.148. The molecule has 0 aromatic rings. The molecule has 0 N–H and O–H groups in total. The first-order chi connectivity index (χ1) is 5.64. The van der Waals surface area contributed by atoms with Crippen molar-refractivity contribution < 1.29 is 4.79 Å². The summed E-state index contributed by atoms with van der Waals surface area (Å²) in [6.45, 7) is 12.8. The number of rotatable bonds is 1. The number of hydrogen-bond acceptors (Lipinski definition) is 1. The molecule has 0 bridgehead atoms. The van der Waals surface area contributed by atoms with Crippen LogP contribution in [0.15, 0.2) is 0 Å². The monoisotopic (exact) mass is 182 g/mol. The van der Waals surface area contributed by atoms with E-state index < -0.39 is 0 Å². The molecule has 0 unspecified atom stereocenters. The third-order valence-electron chi connectivity index (χ3n) is 2.98. The molecule has 76 valence electrons. The maximum atomic E-state index is 11.9. The summed E-state index contributed by atoms with van der Waals surface area (Å²) in [4.78, 5) is 11.9. The summed E-state index contributed by atoms with van der Waals surface area (Å²) in [5.41, 5.74) is 0.163. The lowest BCUT2D eigenvalue weighted by atomic mass is 9.83. The fraction of sp³-hybridized carbons (Fsp3) is 0.917. The normalized spacial score (nSPS) is 28.8. The Balaban J connectivity index is 2.58. The smallest absolute Gasteiger partial charge is 0.141 e. The van der Waals surface area contributed by atoms with Gasteiger partial charge in [0.05, 0.1) is 0 Å². The molecule has 1 rings (SSSR count). The molecule has 0 heterocycles. The van der Waals surface area contributed by atoms with Gasteiger partial charge in [-0.1, -0.05) is 41.5 Å². The van der Waals surface area contributed by atoms with Gasteiger partial charge < -0.3 is 0 Å². The van der Waals surface area contributed by atoms with E-state index in [1.807, 2.05) is 20.8 Å². The molecule has 2 atom stereocenters. The predicted octanol–water partition coefficient (Wildman–Crippen LogP) is 3.28. The van der Waals surface area contributed by atoms with Crippen molar-refractivity contribution in [3.8, 4) is 0 Å². The van der Waals surface area contributed by atoms with Crippen LogP contribution in [0.4, 0.5) is 0 Å². The van der Waals surface area contributed by atoms with Gasteiger partial charge in [-0.05, 0) is 17.8 Å². The average molecular weight is 182 g/mol. The Morgan fingerprint density at radius 3 is 1.77 bits per heavy atom. The van der Waals surface area contributed by atoms with Crippen molar-refractivity contribution in [3.63, 3.8) is 0 Å². The molecule has 0 amide bonds. The van der Waals surface area contributed by atoms with E-state index in [0.29, 0.717) is 23.0 Å². The summed E-state index contributed by atoms with van der Waals surface area (Å²) in [5, 5.41) is 0. The SMILES string of the molecule is CC(C)(C)C(=O)[C@H]1C[C@@H]1C(C)(C)C. The van der Waals surface area contributed by atoms with E-state index in [0.717, 1.165) is 6.42 Å². The molecule has 1 aliphatic carbocycles. The highest BCUT2D eigenvalue weighted by molar-refractivity contribution is 5.88. The van der Waals surface area contributed by atoms with Crippen LogP contribution in [0.25, 0.3) is 0 Å². The van der Waals surface area contributed by atoms with Crippen LogP contribution in [0.2, 0.25) is 0 Å². The number of ketones is 1. The summed E-state index contributed by atoms with van der Waals surface area (Å²) < 4.78 is 0. The van der Waals surface area contributed by atoms with Gasteiger partial charge in [-0.15, -0.1) is 0 Å². The lowest BCUT2D eigenvalue weighted by Gasteiger charge is -2.21. The second kappa shape index (κ2) is 2.83. The van der Waals surface area contributed by atoms with Gasteiger partial charge in [0, 0.05) is 11.3 Å². The molecule has 1 saturated carbocycles. The second-order valence-corrected chi connectivity index (χ2v) is 6.43. The van der Waals surface area contributed by atoms with Gasteiger partial charge in [0.2, 0.25) is 0 Å². The summed E-state index contributed by atoms with van der Waals surface area (Å²) in [7, 11) is 0. The molecular weight excluding hydrogens is 160 g/mol. The van der Waals surface area contributed by atoms with Crippen molar-refractivity contribution >= 4 is 5.78 Å². The fourth-order valence-electron chi connectivity index (χ4n) is 2.00. The fourth-order valence-corrected chi connectivity index (χ4v) is 2.00. The zero-order valence-corrected chi connectivity index (χ0v) is 9.77. The Kier molecular flexibility index (Phi) is 2.34. The highest BCUT2D eigenvalue weighted by atomic mass is 16.1. The molecular formula is C12H22O. The van der Waals surface area contributed by atoms with Crippen LogP contribution in [0, 0.1) is 22.7 Å². The van der Waals surface area contributed by atoms with Crippen LogP contribution in [0.3, 0.4) is 0 Å². The zero-order chi connectivity index (χ0) is 10.4. The van der Waals surface area contributed by atoms with Crippen molar-refractivity contribution in [3.05, 3.63) is 0 Å². The zero-order valence-electron chi connectivity index (χ0n) is 9.77. The Labute approximate surface area is 81.9 Å². The maximum absolute atomic E-state index is 11.9. The van der Waals surface area contributed by atoms with Crippen molar-refractivity contribution in [2.24, 2.45) is 22.7 Å². The Morgan fingerprint density at radius 2 is 1.54 bits per heavy atom. The van der Waals surface area contributed by atoms with Crippen LogP contribution in [-0.4, -0.2) is 5.78 Å². The summed E-state index contributed by atoms with van der Waals surface area (Å²) in [6.07, 6.45) is 1.11. The van der Waals surface area contributed by atoms with Crippen LogP contribution in [0.1, 0.15) is 48.0 Å². The molecule has 0 saturated heterocycles. The standard InChI is InChI=1S/C12H22O/c1-11(2,3)9-7-8(9)10(13)12(4,5)6/h8-9H,7H2,1-6H3/t8-,9-/m0/s1. The summed E-state index contributed by atoms with van der Waals surface area (Å²) in [5.74, 6) is 1.42. The number of Topliss-reactive ketones (excluding diaryl/α,β-unsaturated/α-hetero) is 1. The molecule has 1 heteroatoms. The predicted molar refractivity (Wildman–Crippen MR) is 55.5 cm³/mol. The third-order valence-corrected chi connectivity index (χ3v) is 2.98. The Morgan fingerprint density at radius 1 is 1.08 bits per heavy atom. The number of hydrogen-bond donors (Lipinski definition) is 0. The quantitative estimate of drug-likeness (QED) is 0.608. The van der Waals surface area contributed by atoms with Crippen molar-refractivity contribution in [2.75, 3.05) is 0 Å². The van der Waals surface area contributed by atoms with E-state index in [1.54, 1.807) is 0 Å². The van der Waals surface area contributed by atoms with Gasteiger partial charge in [-0.25, -0.2) is 0 Å². The first-order valence-corrected chi connectivity index (χ1v) is 5.18. The third kappa shape index (κ3) is 2.32. The lowest BCUT2D eigenvalue weighted by Crippen LogP contribution is -2.24. The average Bonchev–Trinajstić information content (AvgIpc) is 2.58. The minimum Gasteiger partial charge on any atom is -0.299 e. The maximum Gasteiger partial charge on any atom is 0.141 e. The second-order valence-electron chi connectivity index (χ2n) is 6.43. The van der Waals surface area contributed by atoms with E-state index in [4.69, 9.17) is 0 Å². The highest BCUT2D eigenvalue weighted by Gasteiger charge is 2.51. The molecule has 0 radical (unpaired) electrons. The molecule has 13 heavy (non-hydrogen) atoms. The summed E-state index contributed by atoms with van der Waals surface area (Å²) >= 11 is 0. The minimum absolute atomic E-state index is 0.148. The van der Waals surface area contributed by atoms with E-state index in [1.165, 1.54) is 0 Å². The topological polar surface area (TPSA) is 17.1 Å². The van der Waals surface area contributed by atoms with Gasteiger partial charge in [-0.3, -0.25) is 4.79 Å². The van der Waals surface area contributed by atoms with E-state index >= 15 is 0 Å². The first kappa shape index (κ1) is 10.7. The van der Waals surface area contributed by atoms with E-state index in [9.17, 15) is 4.79 Å². The van der Waals surface area contributed by atoms with Gasteiger partial charge >= 0.3 is 0 Å². The molecule has 1 aliphatic rings.